The number of nitrogens with one attached hydrogen (secondary N) is 1. The summed E-state index contributed by atoms with van der Waals surface area (Å²) in [7, 11) is 0. The highest BCUT2D eigenvalue weighted by Gasteiger charge is 2.16. The van der Waals surface area contributed by atoms with E-state index in [0.29, 0.717) is 23.7 Å². The zero-order valence-electron chi connectivity index (χ0n) is 21.8. The molecule has 0 fully saturated rings. The number of hydrazone groups is 1. The lowest BCUT2D eigenvalue weighted by molar-refractivity contribution is -0.123. The van der Waals surface area contributed by atoms with Crippen LogP contribution in [-0.2, 0) is 11.4 Å². The largest absolute Gasteiger partial charge is 0.489 e. The van der Waals surface area contributed by atoms with E-state index >= 15 is 0 Å². The van der Waals surface area contributed by atoms with Crippen LogP contribution in [0.4, 0.5) is 0 Å². The van der Waals surface area contributed by atoms with Gasteiger partial charge in [-0.25, -0.2) is 10.2 Å². The van der Waals surface area contributed by atoms with E-state index in [9.17, 15) is 9.59 Å². The predicted octanol–water partition coefficient (Wildman–Crippen LogP) is 6.82. The van der Waals surface area contributed by atoms with Gasteiger partial charge in [0.25, 0.3) is 5.91 Å². The molecule has 0 aromatic heterocycles. The first kappa shape index (κ1) is 27.4. The van der Waals surface area contributed by atoms with Gasteiger partial charge in [0.05, 0.1) is 16.8 Å². The van der Waals surface area contributed by atoms with Crippen LogP contribution >= 0.6 is 11.6 Å². The molecule has 5 aromatic carbocycles. The normalized spacial score (nSPS) is 10.9. The van der Waals surface area contributed by atoms with Gasteiger partial charge in [-0.05, 0) is 58.8 Å². The van der Waals surface area contributed by atoms with Gasteiger partial charge in [-0.15, -0.1) is 0 Å². The van der Waals surface area contributed by atoms with E-state index in [4.69, 9.17) is 25.8 Å². The van der Waals surface area contributed by atoms with Gasteiger partial charge >= 0.3 is 5.97 Å². The third-order valence-corrected chi connectivity index (χ3v) is 6.38. The fourth-order valence-corrected chi connectivity index (χ4v) is 4.22. The molecule has 0 heterocycles. The quantitative estimate of drug-likeness (QED) is 0.0870. The number of halogens is 1. The van der Waals surface area contributed by atoms with Crippen molar-refractivity contribution in [3.05, 3.63) is 137 Å². The van der Waals surface area contributed by atoms with Crippen LogP contribution in [0.15, 0.2) is 120 Å². The number of nitrogens with zero attached hydrogens (tertiary/aromatic N) is 1. The van der Waals surface area contributed by atoms with Gasteiger partial charge in [0.1, 0.15) is 23.9 Å². The lowest BCUT2D eigenvalue weighted by atomic mass is 10.0. The van der Waals surface area contributed by atoms with Crippen molar-refractivity contribution in [2.45, 2.75) is 6.61 Å². The van der Waals surface area contributed by atoms with E-state index in [-0.39, 0.29) is 22.9 Å². The summed E-state index contributed by atoms with van der Waals surface area (Å²) in [6, 6.07) is 34.6. The molecule has 204 valence electrons. The Balaban J connectivity index is 1.20. The summed E-state index contributed by atoms with van der Waals surface area (Å²) >= 11 is 6.16. The van der Waals surface area contributed by atoms with Crippen molar-refractivity contribution in [1.82, 2.24) is 5.43 Å². The first-order chi connectivity index (χ1) is 20.1. The average molecular weight is 565 g/mol. The van der Waals surface area contributed by atoms with Crippen molar-refractivity contribution < 1.29 is 23.8 Å². The molecular formula is C33H25ClN2O5. The van der Waals surface area contributed by atoms with E-state index in [0.717, 1.165) is 16.3 Å². The summed E-state index contributed by atoms with van der Waals surface area (Å²) in [6.07, 6.45) is 1.44. The van der Waals surface area contributed by atoms with Crippen molar-refractivity contribution in [2.75, 3.05) is 6.61 Å². The molecule has 0 radical (unpaired) electrons. The molecular weight excluding hydrogens is 540 g/mol. The maximum Gasteiger partial charge on any atom is 0.345 e. The Morgan fingerprint density at radius 2 is 1.44 bits per heavy atom. The van der Waals surface area contributed by atoms with Gasteiger partial charge < -0.3 is 14.2 Å². The van der Waals surface area contributed by atoms with Gasteiger partial charge in [0, 0.05) is 5.56 Å². The fraction of sp³-hybridized carbons (Fsp3) is 0.0606. The smallest absolute Gasteiger partial charge is 0.345 e. The molecule has 1 N–H and O–H groups in total. The van der Waals surface area contributed by atoms with E-state index < -0.39 is 11.9 Å². The molecule has 0 aliphatic carbocycles. The van der Waals surface area contributed by atoms with Crippen LogP contribution in [0.2, 0.25) is 5.02 Å². The number of ether oxygens (including phenoxy) is 3. The number of rotatable bonds is 10. The van der Waals surface area contributed by atoms with E-state index in [1.54, 1.807) is 54.6 Å². The summed E-state index contributed by atoms with van der Waals surface area (Å²) in [4.78, 5) is 25.2. The zero-order valence-corrected chi connectivity index (χ0v) is 22.6. The number of hydrogen-bond donors (Lipinski definition) is 1. The molecule has 8 heteroatoms. The summed E-state index contributed by atoms with van der Waals surface area (Å²) < 4.78 is 17.0. The van der Waals surface area contributed by atoms with E-state index in [1.807, 2.05) is 60.7 Å². The van der Waals surface area contributed by atoms with E-state index in [1.165, 1.54) is 6.21 Å². The van der Waals surface area contributed by atoms with Crippen molar-refractivity contribution >= 4 is 40.5 Å². The van der Waals surface area contributed by atoms with Crippen LogP contribution in [0.1, 0.15) is 21.5 Å². The minimum atomic E-state index is -0.602. The number of amides is 1. The number of fused-ring (bicyclic) bond motifs is 1. The summed E-state index contributed by atoms with van der Waals surface area (Å²) in [5, 5.41) is 6.08. The predicted molar refractivity (Wildman–Crippen MR) is 159 cm³/mol. The molecule has 0 bridgehead atoms. The molecule has 0 saturated carbocycles. The first-order valence-electron chi connectivity index (χ1n) is 12.8. The van der Waals surface area contributed by atoms with Crippen LogP contribution in [0, 0.1) is 0 Å². The monoisotopic (exact) mass is 564 g/mol. The summed E-state index contributed by atoms with van der Waals surface area (Å²) in [5.41, 5.74) is 4.29. The molecule has 41 heavy (non-hydrogen) atoms. The molecule has 0 atom stereocenters. The topological polar surface area (TPSA) is 86.2 Å². The highest BCUT2D eigenvalue weighted by atomic mass is 35.5. The third-order valence-electron chi connectivity index (χ3n) is 6.05. The Hall–Kier alpha value is -5.14. The third kappa shape index (κ3) is 7.29. The summed E-state index contributed by atoms with van der Waals surface area (Å²) in [5.74, 6) is 0.419. The number of esters is 1. The van der Waals surface area contributed by atoms with Crippen molar-refractivity contribution in [3.63, 3.8) is 0 Å². The SMILES string of the molecule is O=C(COc1ccc(OCc2ccccc2)cc1)NN=Cc1c(OC(=O)c2ccccc2Cl)ccc2ccccc12. The van der Waals surface area contributed by atoms with Gasteiger partial charge in [-0.2, -0.15) is 5.10 Å². The maximum atomic E-state index is 12.8. The number of carbonyl (C=O) groups is 2. The van der Waals surface area contributed by atoms with Crippen LogP contribution in [0.25, 0.3) is 10.8 Å². The lowest BCUT2D eigenvalue weighted by Crippen LogP contribution is -2.24. The van der Waals surface area contributed by atoms with Crippen LogP contribution < -0.4 is 19.6 Å². The molecule has 7 nitrogen and oxygen atoms in total. The Labute approximate surface area is 241 Å². The van der Waals surface area contributed by atoms with Crippen molar-refractivity contribution in [1.29, 1.82) is 0 Å². The molecule has 5 rings (SSSR count). The van der Waals surface area contributed by atoms with Gasteiger partial charge in [-0.1, -0.05) is 84.4 Å². The zero-order chi connectivity index (χ0) is 28.4. The lowest BCUT2D eigenvalue weighted by Gasteiger charge is -2.11. The average Bonchev–Trinajstić information content (AvgIpc) is 3.01. The standard InChI is InChI=1S/C33H25ClN2O5/c34-30-13-7-6-12-28(30)33(38)41-31-19-14-24-10-4-5-11-27(24)29(31)20-35-36-32(37)22-40-26-17-15-25(16-18-26)39-21-23-8-2-1-3-9-23/h1-20H,21-22H2,(H,36,37). The van der Waals surface area contributed by atoms with Crippen LogP contribution in [-0.4, -0.2) is 24.7 Å². The highest BCUT2D eigenvalue weighted by Crippen LogP contribution is 2.28. The maximum absolute atomic E-state index is 12.8. The van der Waals surface area contributed by atoms with Gasteiger partial charge in [-0.3, -0.25) is 4.79 Å². The van der Waals surface area contributed by atoms with Crippen molar-refractivity contribution in [2.24, 2.45) is 5.10 Å². The van der Waals surface area contributed by atoms with Crippen molar-refractivity contribution in [3.8, 4) is 17.2 Å². The molecule has 0 unspecified atom stereocenters. The number of benzene rings is 5. The second-order valence-electron chi connectivity index (χ2n) is 8.90. The summed E-state index contributed by atoms with van der Waals surface area (Å²) in [6.45, 7) is 0.213. The Kier molecular flexibility index (Phi) is 8.88. The first-order valence-corrected chi connectivity index (χ1v) is 13.1. The van der Waals surface area contributed by atoms with Crippen LogP contribution in [0.3, 0.4) is 0 Å². The molecule has 1 amide bonds. The van der Waals surface area contributed by atoms with Gasteiger partial charge in [0.2, 0.25) is 0 Å². The van der Waals surface area contributed by atoms with Crippen LogP contribution in [0.5, 0.6) is 17.2 Å². The molecule has 5 aromatic rings. The molecule has 0 aliphatic rings. The molecule has 0 saturated heterocycles. The second kappa shape index (κ2) is 13.3. The minimum absolute atomic E-state index is 0.242. The number of carbonyl (C=O) groups excluding carboxylic acids is 2. The fourth-order valence-electron chi connectivity index (χ4n) is 4.00. The number of hydrogen-bond acceptors (Lipinski definition) is 6. The van der Waals surface area contributed by atoms with E-state index in [2.05, 4.69) is 10.5 Å². The Morgan fingerprint density at radius 1 is 0.756 bits per heavy atom. The second-order valence-corrected chi connectivity index (χ2v) is 9.30. The minimum Gasteiger partial charge on any atom is -0.489 e. The molecule has 0 aliphatic heterocycles. The Bertz CT molecular complexity index is 1690. The Morgan fingerprint density at radius 3 is 2.22 bits per heavy atom. The van der Waals surface area contributed by atoms with Gasteiger partial charge in [0.15, 0.2) is 6.61 Å². The highest BCUT2D eigenvalue weighted by molar-refractivity contribution is 6.33. The molecule has 0 spiro atoms.